The molecule has 2 aromatic carbocycles. The Balaban J connectivity index is 2.36. The molecule has 21 heavy (non-hydrogen) atoms. The molecule has 0 saturated heterocycles. The van der Waals surface area contributed by atoms with Crippen molar-refractivity contribution in [1.29, 1.82) is 0 Å². The third kappa shape index (κ3) is 3.64. The van der Waals surface area contributed by atoms with E-state index in [1.807, 2.05) is 24.3 Å². The summed E-state index contributed by atoms with van der Waals surface area (Å²) in [4.78, 5) is 0. The minimum atomic E-state index is -1.96. The lowest BCUT2D eigenvalue weighted by molar-refractivity contribution is 0.200. The Morgan fingerprint density at radius 3 is 2.24 bits per heavy atom. The molecule has 2 nitrogen and oxygen atoms in total. The Kier molecular flexibility index (Phi) is 5.03. The van der Waals surface area contributed by atoms with E-state index in [9.17, 15) is 9.67 Å². The topological polar surface area (TPSA) is 37.3 Å². The largest absolute Gasteiger partial charge is 0.389 e. The third-order valence-corrected chi connectivity index (χ3v) is 5.62. The van der Waals surface area contributed by atoms with Gasteiger partial charge in [-0.25, -0.2) is 0 Å². The lowest BCUT2D eigenvalue weighted by Crippen LogP contribution is -2.09. The van der Waals surface area contributed by atoms with Crippen LogP contribution in [0.4, 0.5) is 0 Å². The van der Waals surface area contributed by atoms with E-state index in [1.165, 1.54) is 22.3 Å². The second-order valence-electron chi connectivity index (χ2n) is 5.74. The van der Waals surface area contributed by atoms with Gasteiger partial charge >= 0.3 is 0 Å². The molecule has 3 heteroatoms. The molecule has 0 amide bonds. The van der Waals surface area contributed by atoms with E-state index in [0.717, 1.165) is 10.9 Å². The average Bonchev–Trinajstić information content (AvgIpc) is 2.42. The first-order valence-corrected chi connectivity index (χ1v) is 8.88. The van der Waals surface area contributed by atoms with E-state index in [0.29, 0.717) is 6.16 Å². The molecule has 2 atom stereocenters. The zero-order valence-corrected chi connectivity index (χ0v) is 14.1. The molecule has 0 fully saturated rings. The predicted octanol–water partition coefficient (Wildman–Crippen LogP) is 4.05. The molecule has 0 bridgehead atoms. The van der Waals surface area contributed by atoms with Gasteiger partial charge in [-0.15, -0.1) is 0 Å². The van der Waals surface area contributed by atoms with Crippen molar-refractivity contribution in [3.8, 4) is 0 Å². The van der Waals surface area contributed by atoms with Crippen molar-refractivity contribution in [2.24, 2.45) is 0 Å². The molecule has 0 aliphatic heterocycles. The van der Waals surface area contributed by atoms with Crippen molar-refractivity contribution in [1.82, 2.24) is 0 Å². The molecule has 1 N–H and O–H groups in total. The molecule has 2 rings (SSSR count). The SMILES string of the molecule is Cc1cc(C)c(C[PH](=O)c2ccccc2C(C)O)c(C)c1. The van der Waals surface area contributed by atoms with Crippen molar-refractivity contribution >= 4 is 13.1 Å². The summed E-state index contributed by atoms with van der Waals surface area (Å²) in [6.07, 6.45) is -0.0258. The summed E-state index contributed by atoms with van der Waals surface area (Å²) in [5.41, 5.74) is 5.58. The van der Waals surface area contributed by atoms with Crippen molar-refractivity contribution in [2.75, 3.05) is 0 Å². The minimum absolute atomic E-state index is 0.562. The van der Waals surface area contributed by atoms with Crippen LogP contribution in [0.1, 0.15) is 40.8 Å². The maximum atomic E-state index is 12.8. The summed E-state index contributed by atoms with van der Waals surface area (Å²) < 4.78 is 12.8. The second-order valence-corrected chi connectivity index (χ2v) is 7.48. The Morgan fingerprint density at radius 1 is 1.10 bits per heavy atom. The molecule has 0 spiro atoms. The highest BCUT2D eigenvalue weighted by Crippen LogP contribution is 2.32. The first-order chi connectivity index (χ1) is 9.90. The highest BCUT2D eigenvalue weighted by atomic mass is 31.1. The molecule has 0 aliphatic rings. The summed E-state index contributed by atoms with van der Waals surface area (Å²) in [7, 11) is -1.96. The standard InChI is InChI=1S/C18H23O2P/c1-12-9-13(2)17(14(3)10-12)11-21(20)18-8-6-5-7-16(18)15(4)19/h5-10,15,19,21H,11H2,1-4H3. The Hall–Kier alpha value is -1.37. The number of aliphatic hydroxyl groups excluding tert-OH is 1. The van der Waals surface area contributed by atoms with Crippen LogP contribution in [-0.2, 0) is 10.7 Å². The van der Waals surface area contributed by atoms with Gasteiger partial charge < -0.3 is 9.67 Å². The zero-order chi connectivity index (χ0) is 15.6. The van der Waals surface area contributed by atoms with Crippen LogP contribution in [0.15, 0.2) is 36.4 Å². The molecule has 0 radical (unpaired) electrons. The summed E-state index contributed by atoms with van der Waals surface area (Å²) in [5, 5.41) is 10.6. The van der Waals surface area contributed by atoms with Crippen LogP contribution in [0, 0.1) is 20.8 Å². The smallest absolute Gasteiger partial charge is 0.108 e. The van der Waals surface area contributed by atoms with Gasteiger partial charge in [-0.05, 0) is 49.9 Å². The van der Waals surface area contributed by atoms with Crippen LogP contribution < -0.4 is 5.30 Å². The number of rotatable bonds is 4. The molecule has 2 unspecified atom stereocenters. The van der Waals surface area contributed by atoms with Gasteiger partial charge in [0.25, 0.3) is 0 Å². The van der Waals surface area contributed by atoms with Crippen LogP contribution in [0.3, 0.4) is 0 Å². The summed E-state index contributed by atoms with van der Waals surface area (Å²) in [6.45, 7) is 7.95. The first-order valence-electron chi connectivity index (χ1n) is 7.27. The van der Waals surface area contributed by atoms with Gasteiger partial charge in [-0.3, -0.25) is 0 Å². The van der Waals surface area contributed by atoms with Crippen LogP contribution >= 0.6 is 7.80 Å². The molecule has 0 heterocycles. The Bertz CT molecular complexity index is 652. The van der Waals surface area contributed by atoms with Gasteiger partial charge in [0.1, 0.15) is 7.80 Å². The van der Waals surface area contributed by atoms with E-state index in [1.54, 1.807) is 6.92 Å². The van der Waals surface area contributed by atoms with Crippen LogP contribution in [-0.4, -0.2) is 5.11 Å². The number of aliphatic hydroxyl groups is 1. The molecule has 0 saturated carbocycles. The van der Waals surface area contributed by atoms with E-state index in [-0.39, 0.29) is 0 Å². The molecular formula is C18H23O2P. The molecule has 0 aliphatic carbocycles. The minimum Gasteiger partial charge on any atom is -0.389 e. The fraction of sp³-hybridized carbons (Fsp3) is 0.333. The number of aryl methyl sites for hydroxylation is 3. The van der Waals surface area contributed by atoms with E-state index in [4.69, 9.17) is 0 Å². The predicted molar refractivity (Wildman–Crippen MR) is 90.1 cm³/mol. The monoisotopic (exact) mass is 302 g/mol. The fourth-order valence-electron chi connectivity index (χ4n) is 2.86. The Labute approximate surface area is 127 Å². The maximum Gasteiger partial charge on any atom is 0.108 e. The molecule has 0 aromatic heterocycles. The first kappa shape index (κ1) is 16.0. The normalized spacial score (nSPS) is 14.0. The number of benzene rings is 2. The van der Waals surface area contributed by atoms with Gasteiger partial charge in [0.05, 0.1) is 6.10 Å². The van der Waals surface area contributed by atoms with Gasteiger partial charge in [0.2, 0.25) is 0 Å². The number of hydrogen-bond donors (Lipinski definition) is 1. The highest BCUT2D eigenvalue weighted by Gasteiger charge is 2.15. The van der Waals surface area contributed by atoms with Crippen LogP contribution in [0.5, 0.6) is 0 Å². The maximum absolute atomic E-state index is 12.8. The zero-order valence-electron chi connectivity index (χ0n) is 13.1. The molecule has 112 valence electrons. The van der Waals surface area contributed by atoms with Crippen molar-refractivity contribution < 1.29 is 9.67 Å². The van der Waals surface area contributed by atoms with Gasteiger partial charge in [-0.1, -0.05) is 42.0 Å². The van der Waals surface area contributed by atoms with Crippen LogP contribution in [0.2, 0.25) is 0 Å². The highest BCUT2D eigenvalue weighted by molar-refractivity contribution is 7.52. The number of hydrogen-bond acceptors (Lipinski definition) is 2. The summed E-state index contributed by atoms with van der Waals surface area (Å²) >= 11 is 0. The van der Waals surface area contributed by atoms with Crippen molar-refractivity contribution in [2.45, 2.75) is 40.0 Å². The van der Waals surface area contributed by atoms with Crippen molar-refractivity contribution in [3.05, 3.63) is 64.2 Å². The fourth-order valence-corrected chi connectivity index (χ4v) is 4.83. The van der Waals surface area contributed by atoms with Crippen molar-refractivity contribution in [3.63, 3.8) is 0 Å². The Morgan fingerprint density at radius 2 is 1.67 bits per heavy atom. The van der Waals surface area contributed by atoms with E-state index < -0.39 is 13.9 Å². The summed E-state index contributed by atoms with van der Waals surface area (Å²) in [5.74, 6) is 0. The lowest BCUT2D eigenvalue weighted by atomic mass is 10.0. The lowest BCUT2D eigenvalue weighted by Gasteiger charge is -2.14. The van der Waals surface area contributed by atoms with E-state index >= 15 is 0 Å². The molecular weight excluding hydrogens is 279 g/mol. The quantitative estimate of drug-likeness (QED) is 0.865. The van der Waals surface area contributed by atoms with E-state index in [2.05, 4.69) is 32.9 Å². The van der Waals surface area contributed by atoms with Crippen LogP contribution in [0.25, 0.3) is 0 Å². The second kappa shape index (κ2) is 6.60. The third-order valence-electron chi connectivity index (χ3n) is 3.89. The summed E-state index contributed by atoms with van der Waals surface area (Å²) in [6, 6.07) is 11.8. The van der Waals surface area contributed by atoms with Gasteiger partial charge in [-0.2, -0.15) is 0 Å². The molecule has 2 aromatic rings. The average molecular weight is 302 g/mol. The van der Waals surface area contributed by atoms with Gasteiger partial charge in [0, 0.05) is 11.5 Å². The van der Waals surface area contributed by atoms with Gasteiger partial charge in [0.15, 0.2) is 0 Å².